The number of aromatic nitrogens is 4. The lowest BCUT2D eigenvalue weighted by molar-refractivity contribution is 0.00566. The smallest absolute Gasteiger partial charge is 0.410 e. The first-order chi connectivity index (χ1) is 25.5. The molecule has 3 atom stereocenters. The van der Waals surface area contributed by atoms with Crippen molar-refractivity contribution in [3.05, 3.63) is 64.1 Å². The number of carbonyl (C=O) groups is 1. The van der Waals surface area contributed by atoms with Crippen LogP contribution in [0.1, 0.15) is 58.1 Å². The second kappa shape index (κ2) is 16.7. The van der Waals surface area contributed by atoms with E-state index in [0.29, 0.717) is 26.7 Å². The Labute approximate surface area is 337 Å². The topological polar surface area (TPSA) is 94.3 Å². The van der Waals surface area contributed by atoms with Gasteiger partial charge in [0.25, 0.3) is 0 Å². The number of benzene rings is 1. The molecule has 13 heteroatoms. The van der Waals surface area contributed by atoms with Crippen LogP contribution in [0.25, 0.3) is 28.0 Å². The molecule has 0 spiro atoms. The summed E-state index contributed by atoms with van der Waals surface area (Å²) in [5.74, 6) is 1.10. The molecule has 2 aliphatic heterocycles. The molecule has 2 aliphatic rings. The van der Waals surface area contributed by atoms with Crippen molar-refractivity contribution in [1.29, 1.82) is 0 Å². The minimum atomic E-state index is -1.28. The van der Waals surface area contributed by atoms with Crippen molar-refractivity contribution in [1.82, 2.24) is 24.5 Å². The standard InChI is InChI=1S/C41H59IN6O4Si2/c1-41(2,3)52-40(49)47-32-16-17-33(47)24-31(23-32)37-36(42)39(46(27-50-19-21-53(4,5)6)28-51-20-22-54(7,8)9)48-38(45-37)34(26-44-48)30-15-18-35(43-25-30)29-13-11-10-12-14-29/h10-15,18,25-26,31-33H,16-17,19-24,27-28H2,1-9H3/t31?,32-,33+. The van der Waals surface area contributed by atoms with Crippen LogP contribution in [-0.4, -0.2) is 91.1 Å². The fourth-order valence-corrected chi connectivity index (χ4v) is 9.98. The SMILES string of the molecule is CC(C)(C)OC(=O)N1[C@@H]2CC[C@H]1CC(c1nc3c(-c4ccc(-c5ccccc5)nc4)cnn3c(N(COCC[Si](C)(C)C)COCC[Si](C)(C)C)c1I)C2. The van der Waals surface area contributed by atoms with Gasteiger partial charge in [0.1, 0.15) is 19.1 Å². The average Bonchev–Trinajstić information content (AvgIpc) is 3.63. The van der Waals surface area contributed by atoms with Gasteiger partial charge in [0.05, 0.1) is 21.2 Å². The Hall–Kier alpha value is -2.86. The average molecular weight is 883 g/mol. The Morgan fingerprint density at radius 3 is 2.02 bits per heavy atom. The zero-order valence-corrected chi connectivity index (χ0v) is 37.9. The van der Waals surface area contributed by atoms with Crippen LogP contribution in [0.15, 0.2) is 54.9 Å². The quantitative estimate of drug-likeness (QED) is 0.0535. The fourth-order valence-electron chi connectivity index (χ4n) is 7.33. The van der Waals surface area contributed by atoms with Crippen LogP contribution in [-0.2, 0) is 14.2 Å². The molecule has 2 fully saturated rings. The van der Waals surface area contributed by atoms with Gasteiger partial charge >= 0.3 is 6.09 Å². The molecule has 0 N–H and O–H groups in total. The van der Waals surface area contributed by atoms with E-state index in [2.05, 4.69) is 91.0 Å². The highest BCUT2D eigenvalue weighted by atomic mass is 127. The van der Waals surface area contributed by atoms with Gasteiger partial charge in [0, 0.05) is 70.3 Å². The Bertz CT molecular complexity index is 1850. The number of carbonyl (C=O) groups excluding carboxylic acids is 1. The highest BCUT2D eigenvalue weighted by Crippen LogP contribution is 2.46. The van der Waals surface area contributed by atoms with Crippen molar-refractivity contribution in [3.63, 3.8) is 0 Å². The minimum Gasteiger partial charge on any atom is -0.444 e. The number of anilines is 1. The molecule has 4 aromatic rings. The summed E-state index contributed by atoms with van der Waals surface area (Å²) in [6.07, 6.45) is 7.27. The molecule has 0 radical (unpaired) electrons. The normalized spacial score (nSPS) is 19.1. The van der Waals surface area contributed by atoms with Crippen LogP contribution in [0, 0.1) is 3.57 Å². The second-order valence-corrected chi connectivity index (χ2v) is 30.7. The number of rotatable bonds is 14. The third kappa shape index (κ3) is 10.1. The zero-order valence-electron chi connectivity index (χ0n) is 33.7. The van der Waals surface area contributed by atoms with Gasteiger partial charge < -0.3 is 24.0 Å². The molecule has 2 saturated heterocycles. The van der Waals surface area contributed by atoms with Gasteiger partial charge in [-0.05, 0) is 87.2 Å². The van der Waals surface area contributed by atoms with Gasteiger partial charge in [-0.15, -0.1) is 0 Å². The predicted molar refractivity (Wildman–Crippen MR) is 232 cm³/mol. The third-order valence-corrected chi connectivity index (χ3v) is 14.7. The fraction of sp³-hybridized carbons (Fsp3) is 0.561. The summed E-state index contributed by atoms with van der Waals surface area (Å²) in [7, 11) is -2.57. The Morgan fingerprint density at radius 2 is 1.48 bits per heavy atom. The number of pyridine rings is 1. The first-order valence-corrected chi connectivity index (χ1v) is 28.0. The summed E-state index contributed by atoms with van der Waals surface area (Å²) in [6.45, 7) is 22.3. The number of nitrogens with zero attached hydrogens (tertiary/aromatic N) is 6. The molecule has 1 amide bonds. The Morgan fingerprint density at radius 1 is 0.870 bits per heavy atom. The molecule has 1 aromatic carbocycles. The van der Waals surface area contributed by atoms with E-state index in [0.717, 1.165) is 80.9 Å². The molecule has 54 heavy (non-hydrogen) atoms. The van der Waals surface area contributed by atoms with Crippen molar-refractivity contribution in [2.45, 2.75) is 121 Å². The van der Waals surface area contributed by atoms with E-state index in [1.165, 1.54) is 0 Å². The monoisotopic (exact) mass is 882 g/mol. The van der Waals surface area contributed by atoms with Crippen molar-refractivity contribution in [2.75, 3.05) is 31.6 Å². The lowest BCUT2D eigenvalue weighted by atomic mass is 9.88. The highest BCUT2D eigenvalue weighted by molar-refractivity contribution is 14.1. The van der Waals surface area contributed by atoms with E-state index >= 15 is 0 Å². The first kappa shape index (κ1) is 40.8. The number of hydrogen-bond donors (Lipinski definition) is 0. The summed E-state index contributed by atoms with van der Waals surface area (Å²) in [5, 5.41) is 5.00. The molecule has 5 heterocycles. The van der Waals surface area contributed by atoms with Gasteiger partial charge in [-0.3, -0.25) is 4.98 Å². The second-order valence-electron chi connectivity index (χ2n) is 18.4. The van der Waals surface area contributed by atoms with Crippen LogP contribution in [0.2, 0.25) is 51.4 Å². The van der Waals surface area contributed by atoms with Crippen LogP contribution in [0.5, 0.6) is 0 Å². The molecular formula is C41H59IN6O4Si2. The zero-order chi connectivity index (χ0) is 38.8. The number of piperidine rings is 1. The van der Waals surface area contributed by atoms with E-state index in [1.54, 1.807) is 0 Å². The van der Waals surface area contributed by atoms with Crippen molar-refractivity contribution < 1.29 is 19.0 Å². The molecule has 0 aliphatic carbocycles. The van der Waals surface area contributed by atoms with Crippen LogP contribution in [0.3, 0.4) is 0 Å². The maximum atomic E-state index is 13.4. The summed E-state index contributed by atoms with van der Waals surface area (Å²) in [6, 6.07) is 16.8. The molecular weight excluding hydrogens is 824 g/mol. The van der Waals surface area contributed by atoms with Gasteiger partial charge in [-0.2, -0.15) is 9.61 Å². The van der Waals surface area contributed by atoms with Gasteiger partial charge in [0.2, 0.25) is 0 Å². The Kier molecular flexibility index (Phi) is 12.6. The number of hydrogen-bond acceptors (Lipinski definition) is 8. The van der Waals surface area contributed by atoms with E-state index in [1.807, 2.05) is 60.8 Å². The van der Waals surface area contributed by atoms with Crippen molar-refractivity contribution in [3.8, 4) is 22.4 Å². The van der Waals surface area contributed by atoms with Crippen molar-refractivity contribution >= 4 is 56.3 Å². The molecule has 1 unspecified atom stereocenters. The maximum absolute atomic E-state index is 13.4. The van der Waals surface area contributed by atoms with E-state index in [4.69, 9.17) is 29.3 Å². The van der Waals surface area contributed by atoms with Crippen LogP contribution < -0.4 is 4.90 Å². The van der Waals surface area contributed by atoms with Crippen molar-refractivity contribution in [2.24, 2.45) is 0 Å². The summed E-state index contributed by atoms with van der Waals surface area (Å²) >= 11 is 2.48. The van der Waals surface area contributed by atoms with Gasteiger partial charge in [-0.1, -0.05) is 75.7 Å². The Balaban J connectivity index is 1.40. The van der Waals surface area contributed by atoms with Gasteiger partial charge in [-0.25, -0.2) is 9.78 Å². The van der Waals surface area contributed by atoms with Crippen LogP contribution >= 0.6 is 22.6 Å². The summed E-state index contributed by atoms with van der Waals surface area (Å²) in [5.41, 5.74) is 5.17. The number of ether oxygens (including phenoxy) is 3. The summed E-state index contributed by atoms with van der Waals surface area (Å²) < 4.78 is 21.8. The number of halogens is 1. The van der Waals surface area contributed by atoms with Gasteiger partial charge in [0.15, 0.2) is 11.5 Å². The molecule has 10 nitrogen and oxygen atoms in total. The minimum absolute atomic E-state index is 0.117. The molecule has 6 rings (SSSR count). The predicted octanol–water partition coefficient (Wildman–Crippen LogP) is 10.1. The lowest BCUT2D eigenvalue weighted by Crippen LogP contribution is -2.48. The molecule has 0 saturated carbocycles. The van der Waals surface area contributed by atoms with E-state index < -0.39 is 21.7 Å². The first-order valence-electron chi connectivity index (χ1n) is 19.5. The largest absolute Gasteiger partial charge is 0.444 e. The van der Waals surface area contributed by atoms with E-state index in [9.17, 15) is 4.79 Å². The third-order valence-electron chi connectivity index (χ3n) is 10.2. The summed E-state index contributed by atoms with van der Waals surface area (Å²) in [4.78, 5) is 27.9. The number of amides is 1. The maximum Gasteiger partial charge on any atom is 0.410 e. The number of fused-ring (bicyclic) bond motifs is 3. The highest BCUT2D eigenvalue weighted by Gasteiger charge is 2.46. The lowest BCUT2D eigenvalue weighted by Gasteiger charge is -2.39. The molecule has 3 aromatic heterocycles. The van der Waals surface area contributed by atoms with Crippen LogP contribution in [0.4, 0.5) is 10.6 Å². The van der Waals surface area contributed by atoms with E-state index in [-0.39, 0.29) is 24.1 Å². The molecule has 2 bridgehead atoms. The molecule has 292 valence electrons.